The van der Waals surface area contributed by atoms with Gasteiger partial charge in [0.15, 0.2) is 0 Å². The van der Waals surface area contributed by atoms with E-state index in [-0.39, 0.29) is 23.7 Å². The molecule has 2 amide bonds. The number of methoxy groups -OCH3 is 1. The summed E-state index contributed by atoms with van der Waals surface area (Å²) < 4.78 is 4.76. The first-order chi connectivity index (χ1) is 16.1. The molecule has 3 aromatic rings. The van der Waals surface area contributed by atoms with Gasteiger partial charge in [-0.15, -0.1) is 0 Å². The van der Waals surface area contributed by atoms with Gasteiger partial charge in [-0.25, -0.2) is 4.79 Å². The van der Waals surface area contributed by atoms with Crippen LogP contribution in [0.5, 0.6) is 0 Å². The first-order valence-corrected chi connectivity index (χ1v) is 11.3. The number of likely N-dealkylation sites (tertiary alicyclic amines) is 1. The van der Waals surface area contributed by atoms with Crippen molar-refractivity contribution in [1.82, 2.24) is 10.2 Å². The Balaban J connectivity index is 1.35. The van der Waals surface area contributed by atoms with Gasteiger partial charge in [-0.2, -0.15) is 0 Å². The Morgan fingerprint density at radius 3 is 2.67 bits per heavy atom. The number of piperidine rings is 1. The van der Waals surface area contributed by atoms with Crippen molar-refractivity contribution in [1.29, 1.82) is 0 Å². The van der Waals surface area contributed by atoms with E-state index in [1.165, 1.54) is 7.11 Å². The van der Waals surface area contributed by atoms with E-state index in [9.17, 15) is 14.4 Å². The number of rotatable bonds is 6. The van der Waals surface area contributed by atoms with Gasteiger partial charge in [0, 0.05) is 25.2 Å². The van der Waals surface area contributed by atoms with Crippen molar-refractivity contribution in [2.24, 2.45) is 5.92 Å². The number of fused-ring (bicyclic) bond motifs is 1. The highest BCUT2D eigenvalue weighted by atomic mass is 16.5. The lowest BCUT2D eigenvalue weighted by molar-refractivity contribution is -0.126. The first kappa shape index (κ1) is 22.5. The molecule has 1 heterocycles. The van der Waals surface area contributed by atoms with Crippen molar-refractivity contribution < 1.29 is 19.1 Å². The monoisotopic (exact) mass is 444 g/mol. The minimum atomic E-state index is -0.376. The van der Waals surface area contributed by atoms with Gasteiger partial charge >= 0.3 is 5.97 Å². The maximum atomic E-state index is 13.2. The third kappa shape index (κ3) is 5.22. The molecule has 1 atom stereocenters. The second-order valence-corrected chi connectivity index (χ2v) is 8.35. The van der Waals surface area contributed by atoms with Crippen LogP contribution in [0.25, 0.3) is 10.8 Å². The standard InChI is InChI=1S/C27H28N2O4/c1-33-27(32)21-10-4-7-19(17-21)14-15-28-25(30)22-11-6-16-29(18-22)26(31)24-13-5-9-20-8-2-3-12-23(20)24/h2-5,7-10,12-13,17,22H,6,11,14-16,18H2,1H3,(H,28,30)/t22-/m0/s1. The number of esters is 1. The molecule has 1 aliphatic heterocycles. The molecule has 3 aromatic carbocycles. The number of nitrogens with one attached hydrogen (secondary N) is 1. The highest BCUT2D eigenvalue weighted by Gasteiger charge is 2.29. The van der Waals surface area contributed by atoms with Gasteiger partial charge in [0.2, 0.25) is 5.91 Å². The number of hydrogen-bond acceptors (Lipinski definition) is 4. The first-order valence-electron chi connectivity index (χ1n) is 11.3. The van der Waals surface area contributed by atoms with Crippen LogP contribution in [-0.4, -0.2) is 49.4 Å². The van der Waals surface area contributed by atoms with E-state index in [1.54, 1.807) is 23.1 Å². The van der Waals surface area contributed by atoms with Crippen LogP contribution in [0.15, 0.2) is 66.7 Å². The fourth-order valence-corrected chi connectivity index (χ4v) is 4.40. The van der Waals surface area contributed by atoms with E-state index in [1.807, 2.05) is 48.5 Å². The normalized spacial score (nSPS) is 15.8. The third-order valence-corrected chi connectivity index (χ3v) is 6.16. The van der Waals surface area contributed by atoms with Crippen LogP contribution in [-0.2, 0) is 16.0 Å². The van der Waals surface area contributed by atoms with E-state index in [2.05, 4.69) is 5.32 Å². The number of nitrogens with zero attached hydrogens (tertiary/aromatic N) is 1. The number of hydrogen-bond donors (Lipinski definition) is 1. The van der Waals surface area contributed by atoms with Crippen molar-refractivity contribution in [3.8, 4) is 0 Å². The maximum absolute atomic E-state index is 13.2. The Kier molecular flexibility index (Phi) is 7.03. The molecule has 1 N–H and O–H groups in total. The van der Waals surface area contributed by atoms with Crippen LogP contribution in [0, 0.1) is 5.92 Å². The Bertz CT molecular complexity index is 1170. The van der Waals surface area contributed by atoms with Gasteiger partial charge in [-0.3, -0.25) is 9.59 Å². The van der Waals surface area contributed by atoms with Crippen molar-refractivity contribution in [2.45, 2.75) is 19.3 Å². The van der Waals surface area contributed by atoms with Gasteiger partial charge < -0.3 is 15.0 Å². The molecule has 170 valence electrons. The Morgan fingerprint density at radius 1 is 1.03 bits per heavy atom. The molecule has 33 heavy (non-hydrogen) atoms. The van der Waals surface area contributed by atoms with Crippen molar-refractivity contribution >= 4 is 28.6 Å². The fourth-order valence-electron chi connectivity index (χ4n) is 4.40. The molecule has 1 saturated heterocycles. The summed E-state index contributed by atoms with van der Waals surface area (Å²) in [5.74, 6) is -0.656. The summed E-state index contributed by atoms with van der Waals surface area (Å²) in [6.07, 6.45) is 2.18. The Labute approximate surface area is 193 Å². The Hall–Kier alpha value is -3.67. The van der Waals surface area contributed by atoms with Crippen LogP contribution < -0.4 is 5.32 Å². The lowest BCUT2D eigenvalue weighted by Gasteiger charge is -2.32. The second kappa shape index (κ2) is 10.3. The lowest BCUT2D eigenvalue weighted by Crippen LogP contribution is -2.45. The maximum Gasteiger partial charge on any atom is 0.337 e. The summed E-state index contributed by atoms with van der Waals surface area (Å²) in [5, 5.41) is 4.97. The smallest absolute Gasteiger partial charge is 0.337 e. The number of ether oxygens (including phenoxy) is 1. The van der Waals surface area contributed by atoms with Gasteiger partial charge in [0.25, 0.3) is 5.91 Å². The highest BCUT2D eigenvalue weighted by Crippen LogP contribution is 2.23. The van der Waals surface area contributed by atoms with E-state index >= 15 is 0 Å². The minimum absolute atomic E-state index is 0.0241. The molecule has 0 bridgehead atoms. The van der Waals surface area contributed by atoms with Gasteiger partial charge in [0.05, 0.1) is 18.6 Å². The van der Waals surface area contributed by atoms with E-state index in [0.29, 0.717) is 37.2 Å². The molecule has 6 nitrogen and oxygen atoms in total. The number of carbonyl (C=O) groups excluding carboxylic acids is 3. The quantitative estimate of drug-likeness (QED) is 0.586. The molecule has 1 fully saturated rings. The van der Waals surface area contributed by atoms with Gasteiger partial charge in [0.1, 0.15) is 0 Å². The predicted octanol–water partition coefficient (Wildman–Crippen LogP) is 3.84. The van der Waals surface area contributed by atoms with Crippen LogP contribution in [0.3, 0.4) is 0 Å². The van der Waals surface area contributed by atoms with Gasteiger partial charge in [-0.1, -0.05) is 48.5 Å². The molecule has 6 heteroatoms. The summed E-state index contributed by atoms with van der Waals surface area (Å²) in [7, 11) is 1.35. The second-order valence-electron chi connectivity index (χ2n) is 8.35. The minimum Gasteiger partial charge on any atom is -0.465 e. The van der Waals surface area contributed by atoms with Crippen molar-refractivity contribution in [2.75, 3.05) is 26.7 Å². The zero-order chi connectivity index (χ0) is 23.2. The summed E-state index contributed by atoms with van der Waals surface area (Å²) in [5.41, 5.74) is 2.13. The van der Waals surface area contributed by atoms with Crippen LogP contribution in [0.4, 0.5) is 0 Å². The summed E-state index contributed by atoms with van der Waals surface area (Å²) in [6.45, 7) is 1.55. The SMILES string of the molecule is COC(=O)c1cccc(CCNC(=O)[C@H]2CCCN(C(=O)c3cccc4ccccc34)C2)c1. The van der Waals surface area contributed by atoms with Crippen LogP contribution in [0.2, 0.25) is 0 Å². The third-order valence-electron chi connectivity index (χ3n) is 6.16. The van der Waals surface area contributed by atoms with Crippen molar-refractivity contribution in [3.63, 3.8) is 0 Å². The number of carbonyl (C=O) groups is 3. The summed E-state index contributed by atoms with van der Waals surface area (Å²) >= 11 is 0. The molecule has 0 unspecified atom stereocenters. The van der Waals surface area contributed by atoms with E-state index in [4.69, 9.17) is 4.74 Å². The Morgan fingerprint density at radius 2 is 1.82 bits per heavy atom. The van der Waals surface area contributed by atoms with E-state index in [0.717, 1.165) is 29.2 Å². The zero-order valence-corrected chi connectivity index (χ0v) is 18.8. The number of amides is 2. The zero-order valence-electron chi connectivity index (χ0n) is 18.8. The molecule has 4 rings (SSSR count). The molecular weight excluding hydrogens is 416 g/mol. The largest absolute Gasteiger partial charge is 0.465 e. The molecule has 0 saturated carbocycles. The van der Waals surface area contributed by atoms with Crippen molar-refractivity contribution in [3.05, 3.63) is 83.4 Å². The molecule has 0 radical (unpaired) electrons. The topological polar surface area (TPSA) is 75.7 Å². The summed E-state index contributed by atoms with van der Waals surface area (Å²) in [6, 6.07) is 20.8. The molecular formula is C27H28N2O4. The number of benzene rings is 3. The fraction of sp³-hybridized carbons (Fsp3) is 0.296. The molecule has 0 aromatic heterocycles. The summed E-state index contributed by atoms with van der Waals surface area (Å²) in [4.78, 5) is 39.5. The molecule has 0 spiro atoms. The average Bonchev–Trinajstić information content (AvgIpc) is 2.87. The van der Waals surface area contributed by atoms with Gasteiger partial charge in [-0.05, 0) is 53.8 Å². The van der Waals surface area contributed by atoms with Crippen LogP contribution in [0.1, 0.15) is 39.1 Å². The predicted molar refractivity (Wildman–Crippen MR) is 127 cm³/mol. The highest BCUT2D eigenvalue weighted by molar-refractivity contribution is 6.07. The lowest BCUT2D eigenvalue weighted by atomic mass is 9.95. The van der Waals surface area contributed by atoms with Crippen LogP contribution >= 0.6 is 0 Å². The average molecular weight is 445 g/mol. The van der Waals surface area contributed by atoms with E-state index < -0.39 is 0 Å². The molecule has 0 aliphatic carbocycles. The molecule has 1 aliphatic rings.